The van der Waals surface area contributed by atoms with Crippen LogP contribution >= 0.6 is 11.8 Å². The van der Waals surface area contributed by atoms with Crippen molar-refractivity contribution in [2.45, 2.75) is 41.8 Å². The van der Waals surface area contributed by atoms with Gasteiger partial charge < -0.3 is 10.6 Å². The molecule has 33 heavy (non-hydrogen) atoms. The van der Waals surface area contributed by atoms with Gasteiger partial charge in [-0.1, -0.05) is 32.9 Å². The lowest BCUT2D eigenvalue weighted by molar-refractivity contribution is -0.122. The fourth-order valence-corrected chi connectivity index (χ4v) is 5.48. The maximum Gasteiger partial charge on any atom is 0.241 e. The van der Waals surface area contributed by atoms with Gasteiger partial charge in [0.25, 0.3) is 0 Å². The number of thioether (sulfide) groups is 1. The van der Waals surface area contributed by atoms with Crippen molar-refractivity contribution >= 4 is 39.1 Å². The molecule has 2 atom stereocenters. The van der Waals surface area contributed by atoms with Gasteiger partial charge in [-0.2, -0.15) is 0 Å². The second-order valence-electron chi connectivity index (χ2n) is 8.59. The van der Waals surface area contributed by atoms with E-state index in [-0.39, 0.29) is 28.3 Å². The molecule has 1 heterocycles. The van der Waals surface area contributed by atoms with E-state index in [1.54, 1.807) is 12.1 Å². The second kappa shape index (κ2) is 9.78. The highest BCUT2D eigenvalue weighted by Crippen LogP contribution is 2.26. The molecule has 0 bridgehead atoms. The maximum absolute atomic E-state index is 13.2. The molecule has 7 nitrogen and oxygen atoms in total. The van der Waals surface area contributed by atoms with Crippen LogP contribution in [0.4, 0.5) is 14.5 Å². The van der Waals surface area contributed by atoms with Crippen LogP contribution < -0.4 is 16.0 Å². The third-order valence-electron chi connectivity index (χ3n) is 5.06. The van der Waals surface area contributed by atoms with E-state index >= 15 is 0 Å². The summed E-state index contributed by atoms with van der Waals surface area (Å²) in [6.45, 7) is 5.94. The van der Waals surface area contributed by atoms with E-state index in [0.717, 1.165) is 29.5 Å². The first-order valence-electron chi connectivity index (χ1n) is 10.1. The Morgan fingerprint density at radius 3 is 2.36 bits per heavy atom. The van der Waals surface area contributed by atoms with Gasteiger partial charge >= 0.3 is 0 Å². The standard InChI is InChI=1S/C22H25F2N3O4S2/c1-22(2,3)13-4-7-15(8-5-13)33(30,31)18-11-25-21(27-20(18)29)32-12-19(28)26-14-6-9-16(23)17(24)10-14/h4-10,18,21,25H,11-12H2,1-3H3,(H,26,28)(H,27,29). The number of hydrogen-bond acceptors (Lipinski definition) is 6. The molecule has 1 aliphatic heterocycles. The van der Waals surface area contributed by atoms with Crippen molar-refractivity contribution in [1.82, 2.24) is 10.6 Å². The zero-order valence-electron chi connectivity index (χ0n) is 18.3. The number of carbonyl (C=O) groups is 2. The minimum atomic E-state index is -3.91. The van der Waals surface area contributed by atoms with Gasteiger partial charge in [-0.05, 0) is 35.2 Å². The smallest absolute Gasteiger partial charge is 0.241 e. The van der Waals surface area contributed by atoms with Gasteiger partial charge in [-0.25, -0.2) is 17.2 Å². The molecule has 2 amide bonds. The Bertz CT molecular complexity index is 1150. The molecule has 0 aromatic heterocycles. The molecule has 3 N–H and O–H groups in total. The Labute approximate surface area is 195 Å². The SMILES string of the molecule is CC(C)(C)c1ccc(S(=O)(=O)C2CNC(SCC(=O)Nc3ccc(F)c(F)c3)NC2=O)cc1. The van der Waals surface area contributed by atoms with Crippen molar-refractivity contribution in [1.29, 1.82) is 0 Å². The van der Waals surface area contributed by atoms with Crippen molar-refractivity contribution < 1.29 is 26.8 Å². The third kappa shape index (κ3) is 6.10. The molecule has 1 fully saturated rings. The van der Waals surface area contributed by atoms with E-state index in [4.69, 9.17) is 0 Å². The average Bonchev–Trinajstić information content (AvgIpc) is 2.74. The summed E-state index contributed by atoms with van der Waals surface area (Å²) >= 11 is 1.03. The summed E-state index contributed by atoms with van der Waals surface area (Å²) in [5, 5.41) is 6.59. The zero-order chi connectivity index (χ0) is 24.4. The molecule has 2 unspecified atom stereocenters. The van der Waals surface area contributed by atoms with Crippen molar-refractivity contribution in [3.05, 3.63) is 59.7 Å². The maximum atomic E-state index is 13.2. The Morgan fingerprint density at radius 2 is 1.79 bits per heavy atom. The van der Waals surface area contributed by atoms with Gasteiger partial charge in [-0.15, -0.1) is 11.8 Å². The van der Waals surface area contributed by atoms with Gasteiger partial charge in [0.15, 0.2) is 26.7 Å². The number of anilines is 1. The minimum Gasteiger partial charge on any atom is -0.331 e. The normalized spacial score (nSPS) is 19.1. The van der Waals surface area contributed by atoms with Crippen LogP contribution in [0.2, 0.25) is 0 Å². The molecule has 11 heteroatoms. The first-order valence-corrected chi connectivity index (χ1v) is 12.7. The largest absolute Gasteiger partial charge is 0.331 e. The molecular formula is C22H25F2N3O4S2. The average molecular weight is 498 g/mol. The molecule has 0 aliphatic carbocycles. The van der Waals surface area contributed by atoms with E-state index in [1.165, 1.54) is 18.2 Å². The van der Waals surface area contributed by atoms with Crippen LogP contribution in [-0.2, 0) is 24.8 Å². The zero-order valence-corrected chi connectivity index (χ0v) is 19.9. The fourth-order valence-electron chi connectivity index (χ4n) is 3.17. The number of amides is 2. The summed E-state index contributed by atoms with van der Waals surface area (Å²) in [6, 6.07) is 9.49. The third-order valence-corrected chi connectivity index (χ3v) is 8.17. The number of benzene rings is 2. The van der Waals surface area contributed by atoms with Gasteiger partial charge in [0, 0.05) is 18.3 Å². The molecular weight excluding hydrogens is 472 g/mol. The monoisotopic (exact) mass is 497 g/mol. The van der Waals surface area contributed by atoms with Crippen molar-refractivity contribution in [2.75, 3.05) is 17.6 Å². The van der Waals surface area contributed by atoms with E-state index in [2.05, 4.69) is 16.0 Å². The Morgan fingerprint density at radius 1 is 1.12 bits per heavy atom. The summed E-state index contributed by atoms with van der Waals surface area (Å²) in [5.41, 5.74) is 0.269. The number of rotatable bonds is 6. The topological polar surface area (TPSA) is 104 Å². The Balaban J connectivity index is 1.56. The van der Waals surface area contributed by atoms with Gasteiger partial charge in [0.2, 0.25) is 11.8 Å². The van der Waals surface area contributed by atoms with Crippen molar-refractivity contribution in [2.24, 2.45) is 0 Å². The van der Waals surface area contributed by atoms with Crippen LogP contribution in [0.3, 0.4) is 0 Å². The fraction of sp³-hybridized carbons (Fsp3) is 0.364. The Kier molecular flexibility index (Phi) is 7.45. The van der Waals surface area contributed by atoms with Crippen LogP contribution in [-0.4, -0.2) is 43.3 Å². The Hall–Kier alpha value is -2.50. The lowest BCUT2D eigenvalue weighted by atomic mass is 9.87. The molecule has 1 aliphatic rings. The van der Waals surface area contributed by atoms with Crippen LogP contribution in [0.1, 0.15) is 26.3 Å². The molecule has 2 aromatic carbocycles. The highest BCUT2D eigenvalue weighted by molar-refractivity contribution is 8.00. The summed E-state index contributed by atoms with van der Waals surface area (Å²) < 4.78 is 52.1. The summed E-state index contributed by atoms with van der Waals surface area (Å²) in [7, 11) is -3.91. The van der Waals surface area contributed by atoms with E-state index < -0.39 is 44.0 Å². The quantitative estimate of drug-likeness (QED) is 0.567. The number of halogens is 2. The van der Waals surface area contributed by atoms with Crippen LogP contribution in [0.25, 0.3) is 0 Å². The molecule has 2 aromatic rings. The summed E-state index contributed by atoms with van der Waals surface area (Å²) in [4.78, 5) is 24.7. The van der Waals surface area contributed by atoms with Gasteiger partial charge in [-0.3, -0.25) is 14.9 Å². The molecule has 3 rings (SSSR count). The second-order valence-corrected chi connectivity index (χ2v) is 11.8. The molecule has 178 valence electrons. The first kappa shape index (κ1) is 25.1. The number of hydrogen-bond donors (Lipinski definition) is 3. The highest BCUT2D eigenvalue weighted by atomic mass is 32.2. The number of carbonyl (C=O) groups excluding carboxylic acids is 2. The summed E-state index contributed by atoms with van der Waals surface area (Å²) in [5.74, 6) is -3.36. The first-order chi connectivity index (χ1) is 15.4. The lowest BCUT2D eigenvalue weighted by Crippen LogP contribution is -2.59. The van der Waals surface area contributed by atoms with Gasteiger partial charge in [0.1, 0.15) is 5.50 Å². The van der Waals surface area contributed by atoms with E-state index in [9.17, 15) is 26.8 Å². The molecule has 0 spiro atoms. The van der Waals surface area contributed by atoms with Crippen molar-refractivity contribution in [3.63, 3.8) is 0 Å². The number of sulfone groups is 1. The highest BCUT2D eigenvalue weighted by Gasteiger charge is 2.38. The van der Waals surface area contributed by atoms with Crippen molar-refractivity contribution in [3.8, 4) is 0 Å². The predicted molar refractivity (Wildman–Crippen MR) is 123 cm³/mol. The van der Waals surface area contributed by atoms with E-state index in [1.807, 2.05) is 20.8 Å². The number of nitrogens with one attached hydrogen (secondary N) is 3. The lowest BCUT2D eigenvalue weighted by Gasteiger charge is -2.29. The molecule has 0 saturated carbocycles. The van der Waals surface area contributed by atoms with Crippen LogP contribution in [0.15, 0.2) is 47.4 Å². The summed E-state index contributed by atoms with van der Waals surface area (Å²) in [6.07, 6.45) is 0. The van der Waals surface area contributed by atoms with Crippen LogP contribution in [0.5, 0.6) is 0 Å². The molecule has 0 radical (unpaired) electrons. The van der Waals surface area contributed by atoms with Gasteiger partial charge in [0.05, 0.1) is 10.6 Å². The molecule has 1 saturated heterocycles. The van der Waals surface area contributed by atoms with Crippen LogP contribution in [0, 0.1) is 11.6 Å². The predicted octanol–water partition coefficient (Wildman–Crippen LogP) is 2.78. The van der Waals surface area contributed by atoms with E-state index in [0.29, 0.717) is 0 Å². The minimum absolute atomic E-state index is 0.0643.